The van der Waals surface area contributed by atoms with E-state index in [1.807, 2.05) is 18.2 Å². The van der Waals surface area contributed by atoms with Crippen molar-refractivity contribution in [2.75, 3.05) is 11.9 Å². The normalized spacial score (nSPS) is 12.6. The van der Waals surface area contributed by atoms with E-state index in [9.17, 15) is 4.79 Å². The van der Waals surface area contributed by atoms with Crippen LogP contribution >= 0.6 is 0 Å². The highest BCUT2D eigenvalue weighted by molar-refractivity contribution is 5.92. The molecular formula is C16H22N2O. The number of amides is 1. The number of anilines is 1. The maximum Gasteiger partial charge on any atom is 0.228 e. The summed E-state index contributed by atoms with van der Waals surface area (Å²) < 4.78 is 0. The van der Waals surface area contributed by atoms with Gasteiger partial charge in [-0.3, -0.25) is 4.79 Å². The van der Waals surface area contributed by atoms with Gasteiger partial charge in [-0.05, 0) is 30.0 Å². The van der Waals surface area contributed by atoms with Gasteiger partial charge < -0.3 is 11.1 Å². The van der Waals surface area contributed by atoms with Gasteiger partial charge in [0, 0.05) is 17.8 Å². The van der Waals surface area contributed by atoms with Gasteiger partial charge in [0.05, 0.1) is 5.92 Å². The van der Waals surface area contributed by atoms with Crippen LogP contribution in [0.15, 0.2) is 24.3 Å². The monoisotopic (exact) mass is 258 g/mol. The van der Waals surface area contributed by atoms with Gasteiger partial charge in [0.25, 0.3) is 0 Å². The van der Waals surface area contributed by atoms with Crippen molar-refractivity contribution < 1.29 is 4.79 Å². The van der Waals surface area contributed by atoms with E-state index in [0.29, 0.717) is 12.2 Å². The Kier molecular flexibility index (Phi) is 5.14. The lowest BCUT2D eigenvalue weighted by Crippen LogP contribution is -2.32. The molecule has 1 atom stereocenters. The largest absolute Gasteiger partial charge is 0.330 e. The van der Waals surface area contributed by atoms with Crippen LogP contribution in [0.3, 0.4) is 0 Å². The zero-order valence-corrected chi connectivity index (χ0v) is 11.9. The molecule has 0 aliphatic rings. The molecule has 1 unspecified atom stereocenters. The molecule has 0 aliphatic carbocycles. The summed E-state index contributed by atoms with van der Waals surface area (Å²) in [6, 6.07) is 7.25. The molecule has 3 heteroatoms. The molecule has 0 aliphatic heterocycles. The lowest BCUT2D eigenvalue weighted by molar-refractivity contribution is -0.120. The standard InChI is InChI=1S/C16H22N2O/c1-5-12-7-6-8-14(9-12)18-15(19)13(11-17)10-16(2,3)4/h1,6-9,13H,10-11,17H2,2-4H3,(H,18,19). The Balaban J connectivity index is 2.74. The van der Waals surface area contributed by atoms with Gasteiger partial charge in [-0.25, -0.2) is 0 Å². The molecule has 0 heterocycles. The molecule has 1 aromatic carbocycles. The lowest BCUT2D eigenvalue weighted by atomic mass is 9.84. The van der Waals surface area contributed by atoms with E-state index in [-0.39, 0.29) is 17.2 Å². The first-order chi connectivity index (χ1) is 8.85. The molecule has 1 aromatic rings. The van der Waals surface area contributed by atoms with Crippen LogP contribution in [0.5, 0.6) is 0 Å². The van der Waals surface area contributed by atoms with Crippen LogP contribution in [0.25, 0.3) is 0 Å². The molecule has 0 radical (unpaired) electrons. The van der Waals surface area contributed by atoms with Crippen LogP contribution in [0.2, 0.25) is 0 Å². The fraction of sp³-hybridized carbons (Fsp3) is 0.438. The first kappa shape index (κ1) is 15.3. The summed E-state index contributed by atoms with van der Waals surface area (Å²) in [6.07, 6.45) is 6.09. The smallest absolute Gasteiger partial charge is 0.228 e. The van der Waals surface area contributed by atoms with E-state index < -0.39 is 0 Å². The topological polar surface area (TPSA) is 55.1 Å². The Morgan fingerprint density at radius 3 is 2.68 bits per heavy atom. The summed E-state index contributed by atoms with van der Waals surface area (Å²) in [5, 5.41) is 2.88. The minimum atomic E-state index is -0.186. The third-order valence-corrected chi connectivity index (χ3v) is 2.81. The molecular weight excluding hydrogens is 236 g/mol. The molecule has 3 N–H and O–H groups in total. The van der Waals surface area contributed by atoms with Crippen molar-refractivity contribution in [2.45, 2.75) is 27.2 Å². The van der Waals surface area contributed by atoms with Crippen LogP contribution in [-0.2, 0) is 4.79 Å². The highest BCUT2D eigenvalue weighted by Gasteiger charge is 2.23. The lowest BCUT2D eigenvalue weighted by Gasteiger charge is -2.24. The van der Waals surface area contributed by atoms with Crippen LogP contribution in [-0.4, -0.2) is 12.5 Å². The Bertz CT molecular complexity index is 480. The summed E-state index contributed by atoms with van der Waals surface area (Å²) in [7, 11) is 0. The number of carbonyl (C=O) groups excluding carboxylic acids is 1. The second kappa shape index (κ2) is 6.40. The highest BCUT2D eigenvalue weighted by Crippen LogP contribution is 2.25. The first-order valence-corrected chi connectivity index (χ1v) is 6.43. The van der Waals surface area contributed by atoms with Crippen molar-refractivity contribution in [1.82, 2.24) is 0 Å². The van der Waals surface area contributed by atoms with E-state index in [4.69, 9.17) is 12.2 Å². The number of nitrogens with one attached hydrogen (secondary N) is 1. The van der Waals surface area contributed by atoms with Crippen LogP contribution in [0.4, 0.5) is 5.69 Å². The predicted molar refractivity (Wildman–Crippen MR) is 79.6 cm³/mol. The average Bonchev–Trinajstić information content (AvgIpc) is 2.35. The number of hydrogen-bond acceptors (Lipinski definition) is 2. The SMILES string of the molecule is C#Cc1cccc(NC(=O)C(CN)CC(C)(C)C)c1. The molecule has 1 amide bonds. The van der Waals surface area contributed by atoms with Crippen LogP contribution in [0, 0.1) is 23.7 Å². The average molecular weight is 258 g/mol. The molecule has 3 nitrogen and oxygen atoms in total. The summed E-state index contributed by atoms with van der Waals surface area (Å²) in [6.45, 7) is 6.64. The maximum absolute atomic E-state index is 12.2. The molecule has 0 spiro atoms. The van der Waals surface area contributed by atoms with Gasteiger partial charge >= 0.3 is 0 Å². The molecule has 1 rings (SSSR count). The van der Waals surface area contributed by atoms with Gasteiger partial charge in [0.1, 0.15) is 0 Å². The third kappa shape index (κ3) is 5.15. The molecule has 0 bridgehead atoms. The molecule has 0 fully saturated rings. The van der Waals surface area contributed by atoms with Gasteiger partial charge in [-0.2, -0.15) is 0 Å². The zero-order valence-electron chi connectivity index (χ0n) is 11.9. The summed E-state index contributed by atoms with van der Waals surface area (Å²) in [5.41, 5.74) is 7.23. The van der Waals surface area contributed by atoms with E-state index >= 15 is 0 Å². The number of nitrogens with two attached hydrogens (primary N) is 1. The van der Waals surface area contributed by atoms with E-state index in [1.165, 1.54) is 0 Å². The highest BCUT2D eigenvalue weighted by atomic mass is 16.1. The molecule has 0 saturated heterocycles. The second-order valence-corrected chi connectivity index (χ2v) is 5.91. The minimum absolute atomic E-state index is 0.0494. The van der Waals surface area contributed by atoms with Crippen molar-refractivity contribution in [3.8, 4) is 12.3 Å². The van der Waals surface area contributed by atoms with E-state index in [1.54, 1.807) is 6.07 Å². The van der Waals surface area contributed by atoms with Crippen molar-refractivity contribution in [1.29, 1.82) is 0 Å². The molecule has 0 aromatic heterocycles. The number of carbonyl (C=O) groups is 1. The van der Waals surface area contributed by atoms with Crippen LogP contribution < -0.4 is 11.1 Å². The van der Waals surface area contributed by atoms with Gasteiger partial charge in [0.15, 0.2) is 0 Å². The maximum atomic E-state index is 12.2. The van der Waals surface area contributed by atoms with E-state index in [0.717, 1.165) is 12.0 Å². The number of rotatable bonds is 4. The molecule has 102 valence electrons. The Morgan fingerprint density at radius 2 is 2.16 bits per heavy atom. The number of hydrogen-bond donors (Lipinski definition) is 2. The summed E-state index contributed by atoms with van der Waals surface area (Å²) in [4.78, 5) is 12.2. The first-order valence-electron chi connectivity index (χ1n) is 6.43. The van der Waals surface area contributed by atoms with Crippen molar-refractivity contribution >= 4 is 11.6 Å². The fourth-order valence-electron chi connectivity index (χ4n) is 1.95. The van der Waals surface area contributed by atoms with Crippen molar-refractivity contribution in [3.05, 3.63) is 29.8 Å². The summed E-state index contributed by atoms with van der Waals surface area (Å²) >= 11 is 0. The number of benzene rings is 1. The van der Waals surface area contributed by atoms with E-state index in [2.05, 4.69) is 32.0 Å². The zero-order chi connectivity index (χ0) is 14.5. The summed E-state index contributed by atoms with van der Waals surface area (Å²) in [5.74, 6) is 2.31. The van der Waals surface area contributed by atoms with Gasteiger partial charge in [-0.1, -0.05) is 32.8 Å². The third-order valence-electron chi connectivity index (χ3n) is 2.81. The molecule has 19 heavy (non-hydrogen) atoms. The number of terminal acetylenes is 1. The van der Waals surface area contributed by atoms with Gasteiger partial charge in [0.2, 0.25) is 5.91 Å². The molecule has 0 saturated carbocycles. The Morgan fingerprint density at radius 1 is 1.47 bits per heavy atom. The second-order valence-electron chi connectivity index (χ2n) is 5.91. The van der Waals surface area contributed by atoms with Crippen molar-refractivity contribution in [2.24, 2.45) is 17.1 Å². The predicted octanol–water partition coefficient (Wildman–Crippen LogP) is 2.62. The Hall–Kier alpha value is -1.79. The quantitative estimate of drug-likeness (QED) is 0.816. The van der Waals surface area contributed by atoms with Crippen LogP contribution in [0.1, 0.15) is 32.8 Å². The Labute approximate surface area is 115 Å². The minimum Gasteiger partial charge on any atom is -0.330 e. The fourth-order valence-corrected chi connectivity index (χ4v) is 1.95. The van der Waals surface area contributed by atoms with Gasteiger partial charge in [-0.15, -0.1) is 6.42 Å². The van der Waals surface area contributed by atoms with Crippen molar-refractivity contribution in [3.63, 3.8) is 0 Å².